The number of alkyl carbamates (subject to hydrolysis) is 1. The van der Waals surface area contributed by atoms with Gasteiger partial charge >= 0.3 is 19.2 Å². The predicted molar refractivity (Wildman–Crippen MR) is 122 cm³/mol. The van der Waals surface area contributed by atoms with Gasteiger partial charge < -0.3 is 24.5 Å². The number of hydrogen-bond donors (Lipinski definition) is 2. The van der Waals surface area contributed by atoms with Gasteiger partial charge in [0, 0.05) is 6.42 Å². The summed E-state index contributed by atoms with van der Waals surface area (Å²) in [6.07, 6.45) is -0.646. The van der Waals surface area contributed by atoms with Crippen LogP contribution in [0.2, 0.25) is 0 Å². The molecular weight excluding hydrogens is 409 g/mol. The summed E-state index contributed by atoms with van der Waals surface area (Å²) >= 11 is 0. The number of benzene rings is 2. The summed E-state index contributed by atoms with van der Waals surface area (Å²) in [5, 5.41) is 12.0. The number of amides is 1. The lowest BCUT2D eigenvalue weighted by atomic mass is 9.75. The van der Waals surface area contributed by atoms with Crippen LogP contribution in [0.3, 0.4) is 0 Å². The van der Waals surface area contributed by atoms with Crippen LogP contribution in [0, 0.1) is 6.92 Å². The fourth-order valence-corrected chi connectivity index (χ4v) is 3.44. The largest absolute Gasteiger partial charge is 0.495 e. The molecule has 1 atom stereocenters. The monoisotopic (exact) mass is 439 g/mol. The molecule has 1 aliphatic rings. The zero-order valence-electron chi connectivity index (χ0n) is 19.2. The van der Waals surface area contributed by atoms with Crippen LogP contribution in [0.1, 0.15) is 44.4 Å². The smallest absolute Gasteiger partial charge is 0.480 e. The number of aryl methyl sites for hydroxylation is 1. The normalized spacial score (nSPS) is 17.6. The van der Waals surface area contributed by atoms with Gasteiger partial charge in [-0.25, -0.2) is 9.59 Å². The Hall–Kier alpha value is -2.84. The molecule has 0 unspecified atom stereocenters. The molecule has 1 aliphatic heterocycles. The summed E-state index contributed by atoms with van der Waals surface area (Å²) in [5.74, 6) is -1.13. The molecule has 2 N–H and O–H groups in total. The van der Waals surface area contributed by atoms with Crippen LogP contribution in [-0.4, -0.2) is 41.5 Å². The first-order chi connectivity index (χ1) is 15.0. The maximum Gasteiger partial charge on any atom is 0.495 e. The van der Waals surface area contributed by atoms with Crippen LogP contribution >= 0.6 is 0 Å². The Morgan fingerprint density at radius 1 is 1.03 bits per heavy atom. The van der Waals surface area contributed by atoms with Gasteiger partial charge in [0.2, 0.25) is 0 Å². The first kappa shape index (κ1) is 23.8. The topological polar surface area (TPSA) is 94.1 Å². The maximum atomic E-state index is 12.1. The summed E-state index contributed by atoms with van der Waals surface area (Å²) in [6, 6.07) is 13.7. The number of ether oxygens (including phenoxy) is 1. The Kier molecular flexibility index (Phi) is 6.95. The van der Waals surface area contributed by atoms with Gasteiger partial charge in [-0.3, -0.25) is 0 Å². The molecule has 0 saturated carbocycles. The number of carboxylic acid groups (broad SMARTS) is 1. The average Bonchev–Trinajstić information content (AvgIpc) is 2.93. The molecule has 1 heterocycles. The Balaban J connectivity index is 1.63. The van der Waals surface area contributed by atoms with Crippen LogP contribution in [0.5, 0.6) is 0 Å². The van der Waals surface area contributed by atoms with Crippen molar-refractivity contribution >= 4 is 24.6 Å². The van der Waals surface area contributed by atoms with E-state index in [1.165, 1.54) is 0 Å². The molecule has 170 valence electrons. The minimum atomic E-state index is -1.13. The molecule has 8 heteroatoms. The number of carbonyl (C=O) groups is 2. The second kappa shape index (κ2) is 9.34. The van der Waals surface area contributed by atoms with Crippen molar-refractivity contribution in [1.29, 1.82) is 0 Å². The third-order valence-corrected chi connectivity index (χ3v) is 6.08. The number of hydrogen-bond acceptors (Lipinski definition) is 5. The minimum Gasteiger partial charge on any atom is -0.480 e. The summed E-state index contributed by atoms with van der Waals surface area (Å²) in [4.78, 5) is 23.8. The SMILES string of the molecule is Cc1cc(C[C@H](NC(=O)OCc2ccccc2)C(=O)O)ccc1B1OC(C)(C)C(C)(C)O1. The summed E-state index contributed by atoms with van der Waals surface area (Å²) in [7, 11) is -0.490. The van der Waals surface area contributed by atoms with Gasteiger partial charge in [-0.1, -0.05) is 54.1 Å². The second-order valence-corrected chi connectivity index (χ2v) is 9.08. The van der Waals surface area contributed by atoms with Crippen molar-refractivity contribution in [2.75, 3.05) is 0 Å². The molecule has 0 aliphatic carbocycles. The van der Waals surface area contributed by atoms with Crippen LogP contribution in [-0.2, 0) is 31.9 Å². The highest BCUT2D eigenvalue weighted by Gasteiger charge is 2.52. The zero-order chi connectivity index (χ0) is 23.5. The Morgan fingerprint density at radius 2 is 1.66 bits per heavy atom. The van der Waals surface area contributed by atoms with Crippen LogP contribution < -0.4 is 10.8 Å². The molecule has 0 spiro atoms. The van der Waals surface area contributed by atoms with Gasteiger partial charge in [-0.15, -0.1) is 0 Å². The predicted octanol–water partition coefficient (Wildman–Crippen LogP) is 3.22. The molecule has 2 aromatic carbocycles. The molecule has 0 aromatic heterocycles. The third kappa shape index (κ3) is 5.50. The van der Waals surface area contributed by atoms with Gasteiger partial charge in [-0.05, 0) is 51.2 Å². The van der Waals surface area contributed by atoms with E-state index in [1.807, 2.05) is 83.1 Å². The van der Waals surface area contributed by atoms with E-state index in [0.29, 0.717) is 0 Å². The maximum absolute atomic E-state index is 12.1. The van der Waals surface area contributed by atoms with Gasteiger partial charge in [-0.2, -0.15) is 0 Å². The number of nitrogens with one attached hydrogen (secondary N) is 1. The Bertz CT molecular complexity index is 960. The summed E-state index contributed by atoms with van der Waals surface area (Å²) < 4.78 is 17.4. The van der Waals surface area contributed by atoms with Crippen molar-refractivity contribution < 1.29 is 28.7 Å². The number of aliphatic carboxylic acids is 1. The number of carbonyl (C=O) groups excluding carboxylic acids is 1. The summed E-state index contributed by atoms with van der Waals surface area (Å²) in [5.41, 5.74) is 2.54. The minimum absolute atomic E-state index is 0.0703. The number of carboxylic acids is 1. The fraction of sp³-hybridized carbons (Fsp3) is 0.417. The number of rotatable bonds is 7. The van der Waals surface area contributed by atoms with E-state index in [9.17, 15) is 14.7 Å². The van der Waals surface area contributed by atoms with E-state index in [0.717, 1.165) is 22.2 Å². The zero-order valence-corrected chi connectivity index (χ0v) is 19.2. The van der Waals surface area contributed by atoms with E-state index in [2.05, 4.69) is 5.32 Å². The molecule has 1 amide bonds. The van der Waals surface area contributed by atoms with E-state index >= 15 is 0 Å². The van der Waals surface area contributed by atoms with Crippen molar-refractivity contribution in [3.8, 4) is 0 Å². The van der Waals surface area contributed by atoms with Gasteiger partial charge in [0.25, 0.3) is 0 Å². The van der Waals surface area contributed by atoms with Crippen molar-refractivity contribution in [3.63, 3.8) is 0 Å². The Labute approximate surface area is 189 Å². The quantitative estimate of drug-likeness (QED) is 0.644. The molecule has 3 rings (SSSR count). The lowest BCUT2D eigenvalue weighted by Gasteiger charge is -2.32. The standard InChI is InChI=1S/C24H30BNO6/c1-16-13-18(11-12-19(16)25-31-23(2,3)24(4,5)32-25)14-20(21(27)28)26-22(29)30-15-17-9-7-6-8-10-17/h6-13,20H,14-15H2,1-5H3,(H,26,29)(H,27,28)/t20-/m0/s1. The first-order valence-electron chi connectivity index (χ1n) is 10.6. The second-order valence-electron chi connectivity index (χ2n) is 9.08. The van der Waals surface area contributed by atoms with Gasteiger partial charge in [0.15, 0.2) is 0 Å². The molecular formula is C24H30BNO6. The van der Waals surface area contributed by atoms with Crippen LogP contribution in [0.25, 0.3) is 0 Å². The van der Waals surface area contributed by atoms with E-state index in [4.69, 9.17) is 14.0 Å². The average molecular weight is 439 g/mol. The van der Waals surface area contributed by atoms with Crippen LogP contribution in [0.4, 0.5) is 4.79 Å². The van der Waals surface area contributed by atoms with E-state index in [-0.39, 0.29) is 13.0 Å². The molecule has 0 radical (unpaired) electrons. The van der Waals surface area contributed by atoms with Gasteiger partial charge in [0.05, 0.1) is 11.2 Å². The lowest BCUT2D eigenvalue weighted by molar-refractivity contribution is -0.139. The summed E-state index contributed by atoms with van der Waals surface area (Å²) in [6.45, 7) is 9.99. The fourth-order valence-electron chi connectivity index (χ4n) is 3.44. The highest BCUT2D eigenvalue weighted by molar-refractivity contribution is 6.62. The third-order valence-electron chi connectivity index (χ3n) is 6.08. The van der Waals surface area contributed by atoms with Crippen molar-refractivity contribution in [1.82, 2.24) is 5.32 Å². The highest BCUT2D eigenvalue weighted by atomic mass is 16.7. The lowest BCUT2D eigenvalue weighted by Crippen LogP contribution is -2.42. The van der Waals surface area contributed by atoms with E-state index in [1.54, 1.807) is 0 Å². The van der Waals surface area contributed by atoms with Crippen molar-refractivity contribution in [2.45, 2.75) is 64.9 Å². The van der Waals surface area contributed by atoms with Crippen LogP contribution in [0.15, 0.2) is 48.5 Å². The van der Waals surface area contributed by atoms with Crippen molar-refractivity contribution in [3.05, 3.63) is 65.2 Å². The van der Waals surface area contributed by atoms with Gasteiger partial charge in [0.1, 0.15) is 12.6 Å². The Morgan fingerprint density at radius 3 is 2.22 bits per heavy atom. The molecule has 1 fully saturated rings. The highest BCUT2D eigenvalue weighted by Crippen LogP contribution is 2.36. The molecule has 32 heavy (non-hydrogen) atoms. The molecule has 0 bridgehead atoms. The van der Waals surface area contributed by atoms with E-state index < -0.39 is 36.4 Å². The molecule has 2 aromatic rings. The first-order valence-corrected chi connectivity index (χ1v) is 10.6. The van der Waals surface area contributed by atoms with Crippen molar-refractivity contribution in [2.24, 2.45) is 0 Å². The molecule has 7 nitrogen and oxygen atoms in total. The molecule has 1 saturated heterocycles.